The van der Waals surface area contributed by atoms with Crippen molar-refractivity contribution in [2.75, 3.05) is 47.1 Å². The predicted octanol–water partition coefficient (Wildman–Crippen LogP) is 2.75. The van der Waals surface area contributed by atoms with Gasteiger partial charge in [-0.05, 0) is 63.1 Å². The summed E-state index contributed by atoms with van der Waals surface area (Å²) in [4.78, 5) is 68.4. The first-order valence-corrected chi connectivity index (χ1v) is 16.8. The fraction of sp³-hybridized carbons (Fsp3) is 0.541. The van der Waals surface area contributed by atoms with E-state index in [-0.39, 0.29) is 58.0 Å². The van der Waals surface area contributed by atoms with Gasteiger partial charge in [0.1, 0.15) is 42.6 Å². The molecule has 1 aliphatic heterocycles. The van der Waals surface area contributed by atoms with Gasteiger partial charge < -0.3 is 45.4 Å². The van der Waals surface area contributed by atoms with E-state index >= 15 is 0 Å². The Hall–Kier alpha value is -4.33. The molecule has 50 heavy (non-hydrogen) atoms. The van der Waals surface area contributed by atoms with Crippen molar-refractivity contribution in [3.63, 3.8) is 0 Å². The summed E-state index contributed by atoms with van der Waals surface area (Å²) in [5.41, 5.74) is 13.2. The molecule has 5 N–H and O–H groups in total. The molecule has 3 rings (SSSR count). The number of carbonyl (C=O) groups excluding carboxylic acids is 5. The van der Waals surface area contributed by atoms with Gasteiger partial charge in [0.25, 0.3) is 0 Å². The summed E-state index contributed by atoms with van der Waals surface area (Å²) in [5, 5.41) is 2.75. The number of fused-ring (bicyclic) bond motifs is 5. The number of hydrogen-bond donors (Lipinski definition) is 3. The highest BCUT2D eigenvalue weighted by atomic mass is 16.5. The first-order valence-electron chi connectivity index (χ1n) is 16.8. The summed E-state index contributed by atoms with van der Waals surface area (Å²) in [5.74, 6) is -3.10. The zero-order valence-corrected chi connectivity index (χ0v) is 30.2. The van der Waals surface area contributed by atoms with E-state index in [1.54, 1.807) is 37.3 Å². The maximum atomic E-state index is 14.3. The topological polar surface area (TPSA) is 190 Å². The lowest BCUT2D eigenvalue weighted by atomic mass is 9.89. The van der Waals surface area contributed by atoms with Crippen LogP contribution in [0, 0.1) is 11.8 Å². The number of nitrogens with two attached hydrogens (primary N) is 2. The third-order valence-electron chi connectivity index (χ3n) is 8.24. The largest absolute Gasteiger partial charge is 0.492 e. The second-order valence-electron chi connectivity index (χ2n) is 13.6. The zero-order valence-electron chi connectivity index (χ0n) is 30.2. The SMILES string of the molecule is COC(=O)[C@@H]1Cc2ccc(OCCN)c(c2)-c2cc(ccc2OCCN)[C@H](N(C)C(=O)[C@H](COC(C)(C)C)CC(C)=O)C(=O)C[C@@H](C)C(=O)N1. The average Bonchev–Trinajstić information content (AvgIpc) is 3.06. The molecule has 0 fully saturated rings. The van der Waals surface area contributed by atoms with E-state index in [4.69, 9.17) is 30.4 Å². The van der Waals surface area contributed by atoms with Crippen molar-refractivity contribution in [1.29, 1.82) is 0 Å². The third-order valence-corrected chi connectivity index (χ3v) is 8.24. The molecule has 2 amide bonds. The number of rotatable bonds is 13. The molecule has 0 spiro atoms. The predicted molar refractivity (Wildman–Crippen MR) is 187 cm³/mol. The number of esters is 1. The Labute approximate surface area is 294 Å². The van der Waals surface area contributed by atoms with Crippen LogP contribution in [-0.2, 0) is 39.9 Å². The molecule has 0 radical (unpaired) electrons. The summed E-state index contributed by atoms with van der Waals surface area (Å²) in [6, 6.07) is 8.28. The molecule has 0 aromatic heterocycles. The van der Waals surface area contributed by atoms with Crippen molar-refractivity contribution in [3.8, 4) is 22.6 Å². The molecule has 4 bridgehead atoms. The number of ketones is 2. The fourth-order valence-electron chi connectivity index (χ4n) is 5.78. The smallest absolute Gasteiger partial charge is 0.328 e. The lowest BCUT2D eigenvalue weighted by molar-refractivity contribution is -0.147. The number of Topliss-reactive ketones (excluding diaryl/α,β-unsaturated/α-hetero) is 2. The summed E-state index contributed by atoms with van der Waals surface area (Å²) >= 11 is 0. The summed E-state index contributed by atoms with van der Waals surface area (Å²) < 4.78 is 23.0. The number of benzene rings is 2. The normalized spacial score (nSPS) is 18.7. The molecular weight excluding hydrogens is 644 g/mol. The first kappa shape index (κ1) is 40.1. The molecule has 274 valence electrons. The van der Waals surface area contributed by atoms with E-state index < -0.39 is 53.1 Å². The first-order chi connectivity index (χ1) is 23.6. The number of amides is 2. The van der Waals surface area contributed by atoms with Crippen LogP contribution in [0.5, 0.6) is 11.5 Å². The van der Waals surface area contributed by atoms with Crippen molar-refractivity contribution >= 4 is 29.4 Å². The molecule has 13 nitrogen and oxygen atoms in total. The summed E-state index contributed by atoms with van der Waals surface area (Å²) in [7, 11) is 2.74. The second kappa shape index (κ2) is 18.1. The van der Waals surface area contributed by atoms with Gasteiger partial charge in [-0.2, -0.15) is 0 Å². The maximum Gasteiger partial charge on any atom is 0.328 e. The standard InChI is InChI=1S/C37H52N4O9/c1-22-16-30(43)33(41(6)35(45)26(17-23(2)42)21-50-37(3,4)5)25-9-11-32(49-15-13-39)28(20-25)27-18-24(8-10-31(27)48-14-12-38)19-29(36(46)47-7)40-34(22)44/h8-11,18,20,22,26,29,33H,12-17,19,21,38-39H2,1-7H3,(H,40,44)/t22-,26+,29+,33+/m1/s1. The number of likely N-dealkylation sites (N-methyl/N-ethyl adjacent to an activating group) is 1. The van der Waals surface area contributed by atoms with Crippen molar-refractivity contribution in [1.82, 2.24) is 10.2 Å². The highest BCUT2D eigenvalue weighted by Crippen LogP contribution is 2.40. The van der Waals surface area contributed by atoms with E-state index in [0.29, 0.717) is 33.8 Å². The fourth-order valence-corrected chi connectivity index (χ4v) is 5.78. The Kier molecular flexibility index (Phi) is 14.5. The molecule has 0 unspecified atom stereocenters. The molecule has 2 aromatic carbocycles. The van der Waals surface area contributed by atoms with Gasteiger partial charge in [-0.1, -0.05) is 19.1 Å². The molecular formula is C37H52N4O9. The van der Waals surface area contributed by atoms with Gasteiger partial charge >= 0.3 is 5.97 Å². The minimum atomic E-state index is -1.17. The van der Waals surface area contributed by atoms with Crippen LogP contribution in [0.25, 0.3) is 11.1 Å². The monoisotopic (exact) mass is 696 g/mol. The van der Waals surface area contributed by atoms with Gasteiger partial charge in [-0.25, -0.2) is 4.79 Å². The van der Waals surface area contributed by atoms with E-state index in [1.165, 1.54) is 26.0 Å². The number of methoxy groups -OCH3 is 1. The molecule has 0 saturated carbocycles. The van der Waals surface area contributed by atoms with Crippen molar-refractivity contribution in [2.45, 2.75) is 71.6 Å². The lowest BCUT2D eigenvalue weighted by Gasteiger charge is -2.33. The van der Waals surface area contributed by atoms with Crippen molar-refractivity contribution < 1.29 is 42.9 Å². The lowest BCUT2D eigenvalue weighted by Crippen LogP contribution is -2.46. The Morgan fingerprint density at radius 3 is 2.12 bits per heavy atom. The van der Waals surface area contributed by atoms with Crippen LogP contribution in [-0.4, -0.2) is 93.0 Å². The van der Waals surface area contributed by atoms with Crippen molar-refractivity contribution in [3.05, 3.63) is 47.5 Å². The van der Waals surface area contributed by atoms with Gasteiger partial charge in [0, 0.05) is 56.4 Å². The van der Waals surface area contributed by atoms with Crippen LogP contribution in [0.2, 0.25) is 0 Å². The molecule has 0 saturated heterocycles. The molecule has 0 aliphatic carbocycles. The molecule has 1 heterocycles. The molecule has 1 aliphatic rings. The van der Waals surface area contributed by atoms with Crippen molar-refractivity contribution in [2.24, 2.45) is 23.3 Å². The number of nitrogens with one attached hydrogen (secondary N) is 1. The van der Waals surface area contributed by atoms with Crippen LogP contribution in [0.15, 0.2) is 36.4 Å². The highest BCUT2D eigenvalue weighted by Gasteiger charge is 2.36. The van der Waals surface area contributed by atoms with Crippen LogP contribution in [0.3, 0.4) is 0 Å². The van der Waals surface area contributed by atoms with Crippen LogP contribution in [0.4, 0.5) is 0 Å². The minimum Gasteiger partial charge on any atom is -0.492 e. The summed E-state index contributed by atoms with van der Waals surface area (Å²) in [6.07, 6.45) is -0.246. The van der Waals surface area contributed by atoms with E-state index in [2.05, 4.69) is 5.32 Å². The van der Waals surface area contributed by atoms with Crippen LogP contribution < -0.4 is 26.3 Å². The minimum absolute atomic E-state index is 0.0351. The van der Waals surface area contributed by atoms with E-state index in [0.717, 1.165) is 0 Å². The highest BCUT2D eigenvalue weighted by molar-refractivity contribution is 5.95. The van der Waals surface area contributed by atoms with Crippen LogP contribution >= 0.6 is 0 Å². The van der Waals surface area contributed by atoms with Gasteiger partial charge in [-0.3, -0.25) is 14.4 Å². The van der Waals surface area contributed by atoms with E-state index in [9.17, 15) is 24.0 Å². The zero-order chi connectivity index (χ0) is 37.2. The quantitative estimate of drug-likeness (QED) is 0.261. The summed E-state index contributed by atoms with van der Waals surface area (Å²) in [6.45, 7) is 9.37. The Balaban J connectivity index is 2.30. The third kappa shape index (κ3) is 10.8. The number of ether oxygens (including phenoxy) is 4. The number of carbonyl (C=O) groups is 5. The average molecular weight is 697 g/mol. The Bertz CT molecular complexity index is 1540. The molecule has 2 aromatic rings. The maximum absolute atomic E-state index is 14.3. The van der Waals surface area contributed by atoms with Gasteiger partial charge in [0.2, 0.25) is 11.8 Å². The van der Waals surface area contributed by atoms with Gasteiger partial charge in [0.15, 0.2) is 5.78 Å². The van der Waals surface area contributed by atoms with E-state index in [1.807, 2.05) is 26.8 Å². The number of nitrogens with zero attached hydrogens (tertiary/aromatic N) is 1. The molecule has 4 atom stereocenters. The van der Waals surface area contributed by atoms with Gasteiger partial charge in [-0.15, -0.1) is 0 Å². The van der Waals surface area contributed by atoms with Crippen LogP contribution in [0.1, 0.15) is 64.6 Å². The number of hydrogen-bond acceptors (Lipinski definition) is 11. The molecule has 13 heteroatoms. The second-order valence-corrected chi connectivity index (χ2v) is 13.6. The van der Waals surface area contributed by atoms with Gasteiger partial charge in [0.05, 0.1) is 25.2 Å². The Morgan fingerprint density at radius 1 is 0.960 bits per heavy atom. The Morgan fingerprint density at radius 2 is 1.56 bits per heavy atom.